The number of anilines is 1. The molecular weight excluding hydrogens is 396 g/mol. The van der Waals surface area contributed by atoms with Gasteiger partial charge in [0.1, 0.15) is 17.5 Å². The molecule has 2 amide bonds. The van der Waals surface area contributed by atoms with Gasteiger partial charge >= 0.3 is 6.09 Å². The van der Waals surface area contributed by atoms with Crippen LogP contribution in [0, 0.1) is 11.3 Å². The molecule has 0 fully saturated rings. The van der Waals surface area contributed by atoms with Gasteiger partial charge < -0.3 is 14.8 Å². The fraction of sp³-hybridized carbons (Fsp3) is 0.391. The molecule has 0 bridgehead atoms. The maximum absolute atomic E-state index is 13.2. The molecule has 3 rings (SSSR count). The van der Waals surface area contributed by atoms with Gasteiger partial charge in [-0.15, -0.1) is 0 Å². The molecule has 0 saturated heterocycles. The number of aromatic nitrogens is 1. The third kappa shape index (κ3) is 4.94. The monoisotopic (exact) mass is 422 g/mol. The van der Waals surface area contributed by atoms with Crippen molar-refractivity contribution in [3.8, 4) is 11.9 Å². The zero-order valence-electron chi connectivity index (χ0n) is 18.3. The smallest absolute Gasteiger partial charge is 0.416 e. The Kier molecular flexibility index (Phi) is 6.16. The molecule has 162 valence electrons. The van der Waals surface area contributed by atoms with Crippen LogP contribution in [0.5, 0.6) is 5.88 Å². The maximum atomic E-state index is 13.2. The largest absolute Gasteiger partial charge is 0.481 e. The Hall–Kier alpha value is -3.60. The lowest BCUT2D eigenvalue weighted by atomic mass is 10.1. The number of benzene rings is 1. The third-order valence-electron chi connectivity index (χ3n) is 4.88. The number of fused-ring (bicyclic) bond motifs is 1. The predicted molar refractivity (Wildman–Crippen MR) is 115 cm³/mol. The summed E-state index contributed by atoms with van der Waals surface area (Å²) in [4.78, 5) is 31.8. The van der Waals surface area contributed by atoms with E-state index in [1.54, 1.807) is 57.2 Å². The van der Waals surface area contributed by atoms with Crippen molar-refractivity contribution in [3.05, 3.63) is 53.1 Å². The first-order valence-corrected chi connectivity index (χ1v) is 9.99. The third-order valence-corrected chi connectivity index (χ3v) is 4.88. The highest BCUT2D eigenvalue weighted by atomic mass is 16.6. The molecule has 2 atom stereocenters. The van der Waals surface area contributed by atoms with Crippen molar-refractivity contribution >= 4 is 17.8 Å². The predicted octanol–water partition coefficient (Wildman–Crippen LogP) is 3.51. The first kappa shape index (κ1) is 22.1. The number of nitriles is 1. The number of pyridine rings is 1. The van der Waals surface area contributed by atoms with E-state index in [2.05, 4.69) is 16.4 Å². The molecule has 1 N–H and O–H groups in total. The molecule has 31 heavy (non-hydrogen) atoms. The zero-order chi connectivity index (χ0) is 22.8. The second-order valence-electron chi connectivity index (χ2n) is 8.37. The zero-order valence-corrected chi connectivity index (χ0v) is 18.3. The Morgan fingerprint density at radius 1 is 1.23 bits per heavy atom. The van der Waals surface area contributed by atoms with Gasteiger partial charge in [-0.1, -0.05) is 12.1 Å². The fourth-order valence-corrected chi connectivity index (χ4v) is 3.36. The highest BCUT2D eigenvalue weighted by molar-refractivity contribution is 6.00. The molecule has 1 aromatic carbocycles. The van der Waals surface area contributed by atoms with Gasteiger partial charge in [0.05, 0.1) is 24.8 Å². The number of amides is 2. The van der Waals surface area contributed by atoms with Crippen LogP contribution in [0.2, 0.25) is 0 Å². The lowest BCUT2D eigenvalue weighted by Gasteiger charge is -2.28. The van der Waals surface area contributed by atoms with Crippen LogP contribution in [-0.4, -0.2) is 35.7 Å². The topological polar surface area (TPSA) is 105 Å². The molecule has 0 radical (unpaired) electrons. The number of hydrogen-bond acceptors (Lipinski definition) is 6. The molecule has 8 nitrogen and oxygen atoms in total. The van der Waals surface area contributed by atoms with Crippen molar-refractivity contribution in [1.29, 1.82) is 5.26 Å². The highest BCUT2D eigenvalue weighted by Gasteiger charge is 2.42. The molecule has 1 aliphatic rings. The van der Waals surface area contributed by atoms with Crippen LogP contribution in [0.25, 0.3) is 0 Å². The van der Waals surface area contributed by atoms with Gasteiger partial charge in [-0.2, -0.15) is 10.2 Å². The van der Waals surface area contributed by atoms with Crippen molar-refractivity contribution in [1.82, 2.24) is 10.3 Å². The first-order valence-electron chi connectivity index (χ1n) is 9.99. The highest BCUT2D eigenvalue weighted by Crippen LogP contribution is 2.34. The number of carbonyl (C=O) groups excluding carboxylic acids is 2. The molecule has 8 heteroatoms. The summed E-state index contributed by atoms with van der Waals surface area (Å²) >= 11 is 0. The van der Waals surface area contributed by atoms with Crippen molar-refractivity contribution in [3.63, 3.8) is 0 Å². The number of rotatable bonds is 4. The molecular formula is C23H26N4O4. The average Bonchev–Trinajstić information content (AvgIpc) is 3.11. The van der Waals surface area contributed by atoms with Crippen molar-refractivity contribution in [2.24, 2.45) is 0 Å². The lowest BCUT2D eigenvalue weighted by Crippen LogP contribution is -2.50. The van der Waals surface area contributed by atoms with Crippen LogP contribution in [0.1, 0.15) is 50.4 Å². The molecule has 2 aromatic rings. The fourth-order valence-electron chi connectivity index (χ4n) is 3.36. The van der Waals surface area contributed by atoms with E-state index in [4.69, 9.17) is 14.7 Å². The van der Waals surface area contributed by atoms with Crippen LogP contribution in [-0.2, 0) is 16.0 Å². The van der Waals surface area contributed by atoms with Crippen LogP contribution >= 0.6 is 0 Å². The van der Waals surface area contributed by atoms with Gasteiger partial charge in [0, 0.05) is 12.5 Å². The van der Waals surface area contributed by atoms with Crippen LogP contribution in [0.4, 0.5) is 10.6 Å². The first-order chi connectivity index (χ1) is 14.6. The summed E-state index contributed by atoms with van der Waals surface area (Å²) in [5.41, 5.74) is 1.43. The molecule has 2 unspecified atom stereocenters. The van der Waals surface area contributed by atoms with Crippen molar-refractivity contribution in [2.45, 2.75) is 51.8 Å². The molecule has 0 saturated carbocycles. The standard InChI is InChI=1S/C23H26N4O4/c1-14(16-8-6-15(13-24)7-9-16)25-21(28)18-12-17-10-11-19(30-5)26-20(17)27(18)22(29)31-23(2,3)4/h6-11,14,18H,12H2,1-5H3,(H,25,28). The Morgan fingerprint density at radius 3 is 2.48 bits per heavy atom. The summed E-state index contributed by atoms with van der Waals surface area (Å²) < 4.78 is 10.7. The van der Waals surface area contributed by atoms with E-state index < -0.39 is 17.7 Å². The summed E-state index contributed by atoms with van der Waals surface area (Å²) in [5.74, 6) is 0.388. The van der Waals surface area contributed by atoms with Gasteiger partial charge in [0.25, 0.3) is 0 Å². The van der Waals surface area contributed by atoms with Crippen LogP contribution in [0.3, 0.4) is 0 Å². The summed E-state index contributed by atoms with van der Waals surface area (Å²) in [7, 11) is 1.49. The van der Waals surface area contributed by atoms with Gasteiger partial charge in [-0.25, -0.2) is 9.69 Å². The quantitative estimate of drug-likeness (QED) is 0.809. The number of nitrogens with one attached hydrogen (secondary N) is 1. The SMILES string of the molecule is COc1ccc2c(n1)N(C(=O)OC(C)(C)C)C(C(=O)NC(C)c1ccc(C#N)cc1)C2. The summed E-state index contributed by atoms with van der Waals surface area (Å²) in [6.45, 7) is 7.15. The maximum Gasteiger partial charge on any atom is 0.416 e. The molecule has 1 aliphatic heterocycles. The minimum Gasteiger partial charge on any atom is -0.481 e. The molecule has 0 aliphatic carbocycles. The summed E-state index contributed by atoms with van der Waals surface area (Å²) in [6, 6.07) is 11.5. The average molecular weight is 422 g/mol. The Bertz CT molecular complexity index is 1020. The Labute approximate surface area is 181 Å². The van der Waals surface area contributed by atoms with Gasteiger partial charge in [-0.05, 0) is 57.0 Å². The second-order valence-corrected chi connectivity index (χ2v) is 8.37. The molecule has 1 aromatic heterocycles. The number of hydrogen-bond donors (Lipinski definition) is 1. The van der Waals surface area contributed by atoms with Crippen molar-refractivity contribution < 1.29 is 19.1 Å². The molecule has 2 heterocycles. The normalized spacial score (nSPS) is 16.1. The number of methoxy groups -OCH3 is 1. The van der Waals surface area contributed by atoms with Gasteiger partial charge in [-0.3, -0.25) is 4.79 Å². The summed E-state index contributed by atoms with van der Waals surface area (Å²) in [5, 5.41) is 11.9. The van der Waals surface area contributed by atoms with E-state index >= 15 is 0 Å². The molecule has 0 spiro atoms. The van der Waals surface area contributed by atoms with Crippen LogP contribution < -0.4 is 15.0 Å². The number of ether oxygens (including phenoxy) is 2. The van der Waals surface area contributed by atoms with E-state index in [9.17, 15) is 9.59 Å². The van der Waals surface area contributed by atoms with E-state index in [-0.39, 0.29) is 11.9 Å². The number of nitrogens with zero attached hydrogens (tertiary/aromatic N) is 3. The number of carbonyl (C=O) groups is 2. The Morgan fingerprint density at radius 2 is 1.90 bits per heavy atom. The van der Waals surface area contributed by atoms with E-state index in [0.29, 0.717) is 23.7 Å². The van der Waals surface area contributed by atoms with E-state index in [1.807, 2.05) is 6.92 Å². The van der Waals surface area contributed by atoms with Crippen LogP contribution in [0.15, 0.2) is 36.4 Å². The van der Waals surface area contributed by atoms with Gasteiger partial charge in [0.2, 0.25) is 11.8 Å². The minimum atomic E-state index is -0.801. The van der Waals surface area contributed by atoms with E-state index in [0.717, 1.165) is 11.1 Å². The summed E-state index contributed by atoms with van der Waals surface area (Å²) in [6.07, 6.45) is -0.324. The van der Waals surface area contributed by atoms with E-state index in [1.165, 1.54) is 12.0 Å². The minimum absolute atomic E-state index is 0.313. The Balaban J connectivity index is 1.85. The second kappa shape index (κ2) is 8.64. The lowest BCUT2D eigenvalue weighted by molar-refractivity contribution is -0.123. The van der Waals surface area contributed by atoms with Gasteiger partial charge in [0.15, 0.2) is 0 Å². The van der Waals surface area contributed by atoms with Crippen molar-refractivity contribution in [2.75, 3.05) is 12.0 Å².